The predicted molar refractivity (Wildman–Crippen MR) is 77.7 cm³/mol. The molecule has 100 valence electrons. The van der Waals surface area contributed by atoms with E-state index in [4.69, 9.17) is 0 Å². The number of rotatable bonds is 3. The lowest BCUT2D eigenvalue weighted by molar-refractivity contribution is 0.112. The summed E-state index contributed by atoms with van der Waals surface area (Å²) in [6, 6.07) is 4.49. The van der Waals surface area contributed by atoms with E-state index in [2.05, 4.69) is 5.10 Å². The Morgan fingerprint density at radius 2 is 2.05 bits per heavy atom. The van der Waals surface area contributed by atoms with E-state index in [1.807, 2.05) is 28.4 Å². The van der Waals surface area contributed by atoms with Crippen LogP contribution in [0.15, 0.2) is 23.7 Å². The van der Waals surface area contributed by atoms with Crippen LogP contribution in [0, 0.1) is 0 Å². The van der Waals surface area contributed by atoms with Crippen molar-refractivity contribution in [2.75, 3.05) is 0 Å². The zero-order valence-corrected chi connectivity index (χ0v) is 11.7. The van der Waals surface area contributed by atoms with E-state index in [9.17, 15) is 4.79 Å². The number of nitrogens with zero attached hydrogens (tertiary/aromatic N) is 2. The highest BCUT2D eigenvalue weighted by Gasteiger charge is 2.18. The van der Waals surface area contributed by atoms with Crippen LogP contribution < -0.4 is 0 Å². The molecule has 2 heterocycles. The molecule has 19 heavy (non-hydrogen) atoms. The second-order valence-corrected chi connectivity index (χ2v) is 6.10. The summed E-state index contributed by atoms with van der Waals surface area (Å²) in [5.74, 6) is 0. The van der Waals surface area contributed by atoms with E-state index >= 15 is 0 Å². The third-order valence-electron chi connectivity index (χ3n) is 3.84. The van der Waals surface area contributed by atoms with Crippen molar-refractivity contribution in [3.63, 3.8) is 0 Å². The van der Waals surface area contributed by atoms with Crippen molar-refractivity contribution >= 4 is 17.6 Å². The molecule has 1 aliphatic carbocycles. The molecule has 0 saturated heterocycles. The topological polar surface area (TPSA) is 34.9 Å². The first-order valence-electron chi connectivity index (χ1n) is 6.96. The number of carbonyl (C=O) groups excluding carboxylic acids is 1. The summed E-state index contributed by atoms with van der Waals surface area (Å²) in [7, 11) is 0. The molecular weight excluding hydrogens is 256 g/mol. The summed E-state index contributed by atoms with van der Waals surface area (Å²) in [5, 5.41) is 6.71. The molecule has 3 rings (SSSR count). The van der Waals surface area contributed by atoms with Gasteiger partial charge >= 0.3 is 0 Å². The molecule has 2 aromatic heterocycles. The average molecular weight is 274 g/mol. The first-order valence-corrected chi connectivity index (χ1v) is 7.84. The molecule has 0 aliphatic heterocycles. The van der Waals surface area contributed by atoms with Gasteiger partial charge in [-0.15, -0.1) is 11.3 Å². The summed E-state index contributed by atoms with van der Waals surface area (Å²) >= 11 is 1.63. The first kappa shape index (κ1) is 12.6. The Hall–Kier alpha value is -1.42. The van der Waals surface area contributed by atoms with Crippen LogP contribution >= 0.6 is 11.3 Å². The highest BCUT2D eigenvalue weighted by Crippen LogP contribution is 2.31. The third-order valence-corrected chi connectivity index (χ3v) is 4.72. The fourth-order valence-corrected chi connectivity index (χ4v) is 3.54. The molecule has 1 saturated carbocycles. The Balaban J connectivity index is 1.92. The number of carbonyl (C=O) groups is 1. The Bertz CT molecular complexity index is 537. The summed E-state index contributed by atoms with van der Waals surface area (Å²) in [6.07, 6.45) is 10.4. The van der Waals surface area contributed by atoms with E-state index < -0.39 is 0 Å². The molecule has 0 N–H and O–H groups in total. The second kappa shape index (κ2) is 5.70. The quantitative estimate of drug-likeness (QED) is 0.617. The van der Waals surface area contributed by atoms with Crippen LogP contribution in [-0.2, 0) is 0 Å². The summed E-state index contributed by atoms with van der Waals surface area (Å²) < 4.78 is 2.03. The van der Waals surface area contributed by atoms with E-state index in [1.54, 1.807) is 11.3 Å². The maximum atomic E-state index is 11.2. The zero-order chi connectivity index (χ0) is 13.1. The molecule has 0 aromatic carbocycles. The number of hydrogen-bond donors (Lipinski definition) is 0. The Morgan fingerprint density at radius 3 is 2.68 bits per heavy atom. The summed E-state index contributed by atoms with van der Waals surface area (Å²) in [5.41, 5.74) is 1.56. The number of aromatic nitrogens is 2. The van der Waals surface area contributed by atoms with Gasteiger partial charge in [0.05, 0.1) is 16.5 Å². The highest BCUT2D eigenvalue weighted by atomic mass is 32.1. The lowest BCUT2D eigenvalue weighted by atomic mass is 10.1. The van der Waals surface area contributed by atoms with Crippen LogP contribution in [-0.4, -0.2) is 16.1 Å². The lowest BCUT2D eigenvalue weighted by Gasteiger charge is -2.14. The third kappa shape index (κ3) is 2.63. The van der Waals surface area contributed by atoms with Gasteiger partial charge in [-0.1, -0.05) is 31.7 Å². The minimum absolute atomic E-state index is 0.468. The van der Waals surface area contributed by atoms with Crippen LogP contribution in [0.25, 0.3) is 10.6 Å². The minimum atomic E-state index is 0.468. The average Bonchev–Trinajstić information content (AvgIpc) is 3.02. The van der Waals surface area contributed by atoms with E-state index in [1.165, 1.54) is 38.5 Å². The van der Waals surface area contributed by atoms with Gasteiger partial charge in [-0.25, -0.2) is 0 Å². The van der Waals surface area contributed by atoms with Gasteiger partial charge in [-0.3, -0.25) is 9.48 Å². The van der Waals surface area contributed by atoms with Crippen molar-refractivity contribution < 1.29 is 4.79 Å². The van der Waals surface area contributed by atoms with Crippen LogP contribution in [0.1, 0.15) is 54.9 Å². The highest BCUT2D eigenvalue weighted by molar-refractivity contribution is 7.13. The summed E-state index contributed by atoms with van der Waals surface area (Å²) in [4.78, 5) is 12.3. The van der Waals surface area contributed by atoms with Crippen LogP contribution in [0.2, 0.25) is 0 Å². The van der Waals surface area contributed by atoms with Crippen molar-refractivity contribution in [2.24, 2.45) is 0 Å². The molecule has 0 spiro atoms. The maximum Gasteiger partial charge on any atom is 0.153 e. The normalized spacial score (nSPS) is 17.3. The fourth-order valence-electron chi connectivity index (χ4n) is 2.81. The van der Waals surface area contributed by atoms with Crippen LogP contribution in [0.4, 0.5) is 0 Å². The monoisotopic (exact) mass is 274 g/mol. The van der Waals surface area contributed by atoms with E-state index in [0.29, 0.717) is 11.6 Å². The van der Waals surface area contributed by atoms with E-state index in [-0.39, 0.29) is 0 Å². The van der Waals surface area contributed by atoms with Crippen molar-refractivity contribution in [1.29, 1.82) is 0 Å². The molecule has 0 unspecified atom stereocenters. The van der Waals surface area contributed by atoms with Gasteiger partial charge in [0.15, 0.2) is 6.29 Å². The number of aldehydes is 1. The minimum Gasteiger partial charge on any atom is -0.298 e. The van der Waals surface area contributed by atoms with Crippen LogP contribution in [0.5, 0.6) is 0 Å². The Kier molecular flexibility index (Phi) is 3.78. The Morgan fingerprint density at radius 1 is 1.26 bits per heavy atom. The first-order chi connectivity index (χ1) is 9.38. The predicted octanol–water partition coefficient (Wildman–Crippen LogP) is 4.32. The molecule has 1 aliphatic rings. The number of thiophene rings is 1. The largest absolute Gasteiger partial charge is 0.298 e. The Labute approximate surface area is 117 Å². The SMILES string of the molecule is O=Cc1cn(C2CCCCCC2)nc1-c1cccs1. The molecule has 0 radical (unpaired) electrons. The number of hydrogen-bond acceptors (Lipinski definition) is 3. The van der Waals surface area contributed by atoms with Gasteiger partial charge in [0, 0.05) is 6.20 Å². The molecule has 1 fully saturated rings. The fraction of sp³-hybridized carbons (Fsp3) is 0.467. The van der Waals surface area contributed by atoms with Gasteiger partial charge in [-0.2, -0.15) is 5.10 Å². The van der Waals surface area contributed by atoms with Gasteiger partial charge in [0.25, 0.3) is 0 Å². The van der Waals surface area contributed by atoms with Crippen molar-refractivity contribution in [2.45, 2.75) is 44.6 Å². The maximum absolute atomic E-state index is 11.2. The standard InChI is InChI=1S/C15H18N2OS/c18-11-12-10-17(13-6-3-1-2-4-7-13)16-15(12)14-8-5-9-19-14/h5,8-11,13H,1-4,6-7H2. The summed E-state index contributed by atoms with van der Waals surface area (Å²) in [6.45, 7) is 0. The zero-order valence-electron chi connectivity index (χ0n) is 10.9. The molecular formula is C15H18N2OS. The van der Waals surface area contributed by atoms with Crippen LogP contribution in [0.3, 0.4) is 0 Å². The van der Waals surface area contributed by atoms with Crippen molar-refractivity contribution in [3.05, 3.63) is 29.3 Å². The van der Waals surface area contributed by atoms with Gasteiger partial charge in [-0.05, 0) is 24.3 Å². The van der Waals surface area contributed by atoms with Gasteiger partial charge < -0.3 is 0 Å². The van der Waals surface area contributed by atoms with Gasteiger partial charge in [0.1, 0.15) is 5.69 Å². The molecule has 3 nitrogen and oxygen atoms in total. The lowest BCUT2D eigenvalue weighted by Crippen LogP contribution is -2.08. The molecule has 4 heteroatoms. The van der Waals surface area contributed by atoms with Crippen molar-refractivity contribution in [1.82, 2.24) is 9.78 Å². The smallest absolute Gasteiger partial charge is 0.153 e. The molecule has 0 bridgehead atoms. The molecule has 2 aromatic rings. The van der Waals surface area contributed by atoms with E-state index in [0.717, 1.165) is 16.9 Å². The van der Waals surface area contributed by atoms with Crippen molar-refractivity contribution in [3.8, 4) is 10.6 Å². The van der Waals surface area contributed by atoms with Gasteiger partial charge in [0.2, 0.25) is 0 Å². The molecule has 0 atom stereocenters. The second-order valence-electron chi connectivity index (χ2n) is 5.15. The molecule has 0 amide bonds.